The van der Waals surface area contributed by atoms with E-state index in [9.17, 15) is 0 Å². The van der Waals surface area contributed by atoms with Gasteiger partial charge in [-0.1, -0.05) is 206 Å². The molecule has 0 radical (unpaired) electrons. The van der Waals surface area contributed by atoms with Crippen LogP contribution in [0.2, 0.25) is 0 Å². The number of imidazole rings is 1. The molecule has 68 heavy (non-hydrogen) atoms. The Hall–Kier alpha value is -9.06. The molecule has 5 nitrogen and oxygen atoms in total. The molecule has 316 valence electrons. The number of nitrogens with zero attached hydrogens (tertiary/aromatic N) is 5. The number of benzene rings is 9. The van der Waals surface area contributed by atoms with Gasteiger partial charge in [-0.25, -0.2) is 19.9 Å². The SMILES string of the molecule is c1ccc(-c2nc(-c3ccc4c(c3)C3(c5ccccc5-c5ccccc53)c3ccccc3-4)nc(-c3c(-c4cccc(-c5c(-c6ccccc6)nc6ccccn56)c4)ccc4ccccc34)n2)cc1. The van der Waals surface area contributed by atoms with E-state index in [0.29, 0.717) is 17.5 Å². The highest BCUT2D eigenvalue weighted by Crippen LogP contribution is 2.63. The van der Waals surface area contributed by atoms with Crippen LogP contribution in [0.4, 0.5) is 0 Å². The molecule has 2 aliphatic carbocycles. The summed E-state index contributed by atoms with van der Waals surface area (Å²) in [5.74, 6) is 1.85. The molecule has 0 fully saturated rings. The van der Waals surface area contributed by atoms with Gasteiger partial charge in [-0.2, -0.15) is 0 Å². The van der Waals surface area contributed by atoms with Gasteiger partial charge in [-0.3, -0.25) is 4.40 Å². The molecule has 0 saturated heterocycles. The van der Waals surface area contributed by atoms with Gasteiger partial charge in [0.15, 0.2) is 17.5 Å². The fourth-order valence-electron chi connectivity index (χ4n) is 11.2. The zero-order chi connectivity index (χ0) is 44.8. The van der Waals surface area contributed by atoms with E-state index >= 15 is 0 Å². The molecule has 1 spiro atoms. The van der Waals surface area contributed by atoms with Crippen LogP contribution in [0.5, 0.6) is 0 Å². The highest BCUT2D eigenvalue weighted by molar-refractivity contribution is 6.04. The zero-order valence-corrected chi connectivity index (χ0v) is 36.8. The second-order valence-corrected chi connectivity index (χ2v) is 17.7. The highest BCUT2D eigenvalue weighted by atomic mass is 15.0. The molecule has 3 heterocycles. The van der Waals surface area contributed by atoms with Crippen LogP contribution in [0.15, 0.2) is 237 Å². The van der Waals surface area contributed by atoms with E-state index < -0.39 is 5.41 Å². The Labute approximate surface area is 393 Å². The molecule has 5 heteroatoms. The average molecular weight is 866 g/mol. The van der Waals surface area contributed by atoms with E-state index in [1.807, 2.05) is 30.3 Å². The lowest BCUT2D eigenvalue weighted by molar-refractivity contribution is 0.794. The highest BCUT2D eigenvalue weighted by Gasteiger charge is 2.51. The van der Waals surface area contributed by atoms with Crippen LogP contribution in [-0.2, 0) is 5.41 Å². The van der Waals surface area contributed by atoms with Crippen molar-refractivity contribution in [3.63, 3.8) is 0 Å². The maximum Gasteiger partial charge on any atom is 0.165 e. The summed E-state index contributed by atoms with van der Waals surface area (Å²) in [5, 5.41) is 2.17. The molecule has 14 rings (SSSR count). The Balaban J connectivity index is 0.997. The topological polar surface area (TPSA) is 56.0 Å². The fraction of sp³-hybridized carbons (Fsp3) is 0.0159. The van der Waals surface area contributed by atoms with Crippen molar-refractivity contribution in [2.45, 2.75) is 5.41 Å². The average Bonchev–Trinajstić information content (AvgIpc) is 4.05. The number of fused-ring (bicyclic) bond motifs is 12. The molecule has 12 aromatic rings. The fourth-order valence-corrected chi connectivity index (χ4v) is 11.2. The largest absolute Gasteiger partial charge is 0.299 e. The van der Waals surface area contributed by atoms with Gasteiger partial charge in [0.1, 0.15) is 5.65 Å². The van der Waals surface area contributed by atoms with Crippen LogP contribution < -0.4 is 0 Å². The Bertz CT molecular complexity index is 3920. The number of rotatable bonds is 6. The monoisotopic (exact) mass is 865 g/mol. The molecular weight excluding hydrogens is 827 g/mol. The van der Waals surface area contributed by atoms with Crippen molar-refractivity contribution in [2.24, 2.45) is 0 Å². The molecule has 9 aromatic carbocycles. The van der Waals surface area contributed by atoms with Crippen molar-refractivity contribution >= 4 is 16.4 Å². The van der Waals surface area contributed by atoms with Crippen molar-refractivity contribution in [3.05, 3.63) is 259 Å². The molecule has 3 aromatic heterocycles. The third-order valence-electron chi connectivity index (χ3n) is 14.1. The molecular formula is C63H39N5. The summed E-state index contributed by atoms with van der Waals surface area (Å²) in [6.07, 6.45) is 2.10. The Kier molecular flexibility index (Phi) is 8.43. The predicted octanol–water partition coefficient (Wildman–Crippen LogP) is 15.0. The zero-order valence-electron chi connectivity index (χ0n) is 36.8. The van der Waals surface area contributed by atoms with Gasteiger partial charge < -0.3 is 0 Å². The van der Waals surface area contributed by atoms with Crippen LogP contribution in [-0.4, -0.2) is 24.3 Å². The molecule has 0 bridgehead atoms. The van der Waals surface area contributed by atoms with Gasteiger partial charge in [-0.05, 0) is 90.7 Å². The second-order valence-electron chi connectivity index (χ2n) is 17.7. The summed E-state index contributed by atoms with van der Waals surface area (Å²) < 4.78 is 2.19. The standard InChI is InChI=1S/C63H39N5/c1-3-19-41(20-4-1)58-59(68-37-16-15-32-56(68)64-58)44-24-17-23-43(38-44)47-35-33-40-18-7-8-25-46(40)57(47)62-66-60(42-21-5-2-6-22-42)65-61(67-62)45-34-36-51-50-28-11-14-31-54(50)63(55(51)39-45)52-29-12-9-26-48(52)49-27-10-13-30-53(49)63/h1-39H. The minimum atomic E-state index is -0.498. The van der Waals surface area contributed by atoms with Crippen LogP contribution >= 0.6 is 0 Å². The maximum absolute atomic E-state index is 5.54. The predicted molar refractivity (Wildman–Crippen MR) is 275 cm³/mol. The summed E-state index contributed by atoms with van der Waals surface area (Å²) >= 11 is 0. The van der Waals surface area contributed by atoms with Gasteiger partial charge >= 0.3 is 0 Å². The first-order valence-electron chi connectivity index (χ1n) is 23.1. The Morgan fingerprint density at radius 2 is 0.868 bits per heavy atom. The van der Waals surface area contributed by atoms with E-state index in [1.165, 1.54) is 44.5 Å². The van der Waals surface area contributed by atoms with Crippen LogP contribution in [0.25, 0.3) is 106 Å². The molecule has 2 aliphatic rings. The summed E-state index contributed by atoms with van der Waals surface area (Å²) in [4.78, 5) is 21.4. The molecule has 0 amide bonds. The summed E-state index contributed by atoms with van der Waals surface area (Å²) in [7, 11) is 0. The van der Waals surface area contributed by atoms with Crippen molar-refractivity contribution in [1.82, 2.24) is 24.3 Å². The number of hydrogen-bond acceptors (Lipinski definition) is 4. The molecule has 0 aliphatic heterocycles. The Morgan fingerprint density at radius 3 is 1.59 bits per heavy atom. The first kappa shape index (κ1) is 38.2. The van der Waals surface area contributed by atoms with Gasteiger partial charge in [0, 0.05) is 34.0 Å². The van der Waals surface area contributed by atoms with E-state index in [0.717, 1.165) is 66.8 Å². The summed E-state index contributed by atoms with van der Waals surface area (Å²) in [6.45, 7) is 0. The van der Waals surface area contributed by atoms with Gasteiger partial charge in [0.2, 0.25) is 0 Å². The number of pyridine rings is 1. The molecule has 0 unspecified atom stereocenters. The third kappa shape index (κ3) is 5.63. The van der Waals surface area contributed by atoms with Crippen molar-refractivity contribution in [3.8, 4) is 90.1 Å². The summed E-state index contributed by atoms with van der Waals surface area (Å²) in [6, 6.07) is 82.3. The lowest BCUT2D eigenvalue weighted by atomic mass is 9.70. The van der Waals surface area contributed by atoms with Crippen molar-refractivity contribution < 1.29 is 0 Å². The number of hydrogen-bond donors (Lipinski definition) is 0. The van der Waals surface area contributed by atoms with Gasteiger partial charge in [0.05, 0.1) is 16.8 Å². The lowest BCUT2D eigenvalue weighted by Gasteiger charge is -2.30. The Morgan fingerprint density at radius 1 is 0.324 bits per heavy atom. The molecule has 0 saturated carbocycles. The van der Waals surface area contributed by atoms with Crippen molar-refractivity contribution in [1.29, 1.82) is 0 Å². The smallest absolute Gasteiger partial charge is 0.165 e. The normalized spacial score (nSPS) is 12.8. The van der Waals surface area contributed by atoms with Gasteiger partial charge in [0.25, 0.3) is 0 Å². The lowest BCUT2D eigenvalue weighted by Crippen LogP contribution is -2.25. The minimum absolute atomic E-state index is 0.498. The van der Waals surface area contributed by atoms with Crippen LogP contribution in [0.1, 0.15) is 22.3 Å². The maximum atomic E-state index is 5.54. The minimum Gasteiger partial charge on any atom is -0.299 e. The van der Waals surface area contributed by atoms with E-state index in [-0.39, 0.29) is 0 Å². The van der Waals surface area contributed by atoms with Crippen LogP contribution in [0, 0.1) is 0 Å². The van der Waals surface area contributed by atoms with Crippen molar-refractivity contribution in [2.75, 3.05) is 0 Å². The molecule has 0 N–H and O–H groups in total. The van der Waals surface area contributed by atoms with E-state index in [1.54, 1.807) is 0 Å². The number of aromatic nitrogens is 5. The van der Waals surface area contributed by atoms with E-state index in [2.05, 4.69) is 211 Å². The second kappa shape index (κ2) is 15.0. The molecule has 0 atom stereocenters. The van der Waals surface area contributed by atoms with Gasteiger partial charge in [-0.15, -0.1) is 0 Å². The summed E-state index contributed by atoms with van der Waals surface area (Å²) in [5.41, 5.74) is 19.5. The van der Waals surface area contributed by atoms with E-state index in [4.69, 9.17) is 19.9 Å². The first-order chi connectivity index (χ1) is 33.7. The van der Waals surface area contributed by atoms with Crippen LogP contribution in [0.3, 0.4) is 0 Å². The third-order valence-corrected chi connectivity index (χ3v) is 14.1. The quantitative estimate of drug-likeness (QED) is 0.167. The first-order valence-corrected chi connectivity index (χ1v) is 23.1.